The number of oxime groups is 1. The van der Waals surface area contributed by atoms with Gasteiger partial charge < -0.3 is 9.94 Å². The Kier molecular flexibility index (Phi) is 4.62. The molecule has 0 aliphatic heterocycles. The van der Waals surface area contributed by atoms with E-state index in [1.807, 2.05) is 13.0 Å². The van der Waals surface area contributed by atoms with Crippen molar-refractivity contribution in [3.63, 3.8) is 0 Å². The minimum atomic E-state index is 0.388. The Hall–Kier alpha value is -2.03. The summed E-state index contributed by atoms with van der Waals surface area (Å²) in [6, 6.07) is 12.4. The van der Waals surface area contributed by atoms with Gasteiger partial charge in [-0.15, -0.1) is 0 Å². The highest BCUT2D eigenvalue weighted by atomic mass is 16.5. The zero-order valence-corrected chi connectivity index (χ0v) is 13.1. The van der Waals surface area contributed by atoms with Crippen molar-refractivity contribution in [2.24, 2.45) is 11.1 Å². The maximum absolute atomic E-state index is 9.49. The van der Waals surface area contributed by atoms with Gasteiger partial charge in [0, 0.05) is 11.5 Å². The van der Waals surface area contributed by atoms with Gasteiger partial charge in [0.05, 0.1) is 12.3 Å². The van der Waals surface area contributed by atoms with Crippen LogP contribution in [0.15, 0.2) is 41.6 Å². The molecule has 0 atom stereocenters. The van der Waals surface area contributed by atoms with Crippen LogP contribution in [0.25, 0.3) is 10.8 Å². The zero-order valence-electron chi connectivity index (χ0n) is 13.1. The van der Waals surface area contributed by atoms with E-state index >= 15 is 0 Å². The average Bonchev–Trinajstić information content (AvgIpc) is 2.57. The Balaban J connectivity index is 1.91. The Morgan fingerprint density at radius 1 is 1.09 bits per heavy atom. The van der Waals surface area contributed by atoms with E-state index in [1.54, 1.807) is 0 Å². The van der Waals surface area contributed by atoms with Crippen LogP contribution in [0.5, 0.6) is 5.75 Å². The summed E-state index contributed by atoms with van der Waals surface area (Å²) >= 11 is 0. The Morgan fingerprint density at radius 2 is 1.82 bits per heavy atom. The van der Waals surface area contributed by atoms with Crippen LogP contribution in [-0.2, 0) is 0 Å². The van der Waals surface area contributed by atoms with E-state index < -0.39 is 0 Å². The summed E-state index contributed by atoms with van der Waals surface area (Å²) in [4.78, 5) is 0. The normalized spacial score (nSPS) is 16.9. The molecule has 3 rings (SSSR count). The van der Waals surface area contributed by atoms with Crippen molar-refractivity contribution in [1.29, 1.82) is 0 Å². The molecular weight excluding hydrogens is 274 g/mol. The largest absolute Gasteiger partial charge is 0.494 e. The van der Waals surface area contributed by atoms with Crippen LogP contribution in [0.3, 0.4) is 0 Å². The van der Waals surface area contributed by atoms with Crippen molar-refractivity contribution in [2.75, 3.05) is 6.61 Å². The van der Waals surface area contributed by atoms with E-state index in [0.29, 0.717) is 12.5 Å². The van der Waals surface area contributed by atoms with E-state index in [1.165, 1.54) is 19.3 Å². The number of hydrogen-bond acceptors (Lipinski definition) is 3. The van der Waals surface area contributed by atoms with E-state index in [4.69, 9.17) is 4.74 Å². The second kappa shape index (κ2) is 6.82. The summed E-state index contributed by atoms with van der Waals surface area (Å²) in [7, 11) is 0. The summed E-state index contributed by atoms with van der Waals surface area (Å²) in [6.07, 6.45) is 6.01. The van der Waals surface area contributed by atoms with Crippen LogP contribution in [-0.4, -0.2) is 17.5 Å². The molecule has 0 heterocycles. The number of nitrogens with zero attached hydrogens (tertiary/aromatic N) is 1. The van der Waals surface area contributed by atoms with Crippen LogP contribution >= 0.6 is 0 Å². The van der Waals surface area contributed by atoms with Crippen LogP contribution < -0.4 is 4.74 Å². The van der Waals surface area contributed by atoms with Gasteiger partial charge in [0.15, 0.2) is 0 Å². The number of benzene rings is 2. The molecule has 1 aliphatic carbocycles. The third-order valence-corrected chi connectivity index (χ3v) is 4.52. The first-order valence-electron chi connectivity index (χ1n) is 8.20. The topological polar surface area (TPSA) is 41.8 Å². The zero-order chi connectivity index (χ0) is 15.4. The smallest absolute Gasteiger partial charge is 0.119 e. The molecule has 0 radical (unpaired) electrons. The van der Waals surface area contributed by atoms with E-state index in [2.05, 4.69) is 35.5 Å². The van der Waals surface area contributed by atoms with Crippen molar-refractivity contribution >= 4 is 16.5 Å². The quantitative estimate of drug-likeness (QED) is 0.490. The van der Waals surface area contributed by atoms with Gasteiger partial charge in [-0.3, -0.25) is 0 Å². The molecule has 1 fully saturated rings. The third kappa shape index (κ3) is 3.08. The fraction of sp³-hybridized carbons (Fsp3) is 0.421. The molecule has 0 spiro atoms. The first-order valence-corrected chi connectivity index (χ1v) is 8.20. The fourth-order valence-electron chi connectivity index (χ4n) is 3.39. The summed E-state index contributed by atoms with van der Waals surface area (Å²) in [6.45, 7) is 2.66. The summed E-state index contributed by atoms with van der Waals surface area (Å²) in [5.41, 5.74) is 1.88. The Morgan fingerprint density at radius 3 is 2.55 bits per heavy atom. The first kappa shape index (κ1) is 14.9. The summed E-state index contributed by atoms with van der Waals surface area (Å²) in [5, 5.41) is 15.4. The monoisotopic (exact) mass is 297 g/mol. The number of fused-ring (bicyclic) bond motifs is 1. The lowest BCUT2D eigenvalue weighted by atomic mass is 9.83. The van der Waals surface area contributed by atoms with Gasteiger partial charge in [-0.1, -0.05) is 42.6 Å². The highest BCUT2D eigenvalue weighted by Gasteiger charge is 2.21. The van der Waals surface area contributed by atoms with E-state index in [0.717, 1.165) is 40.6 Å². The van der Waals surface area contributed by atoms with Crippen LogP contribution in [0.4, 0.5) is 0 Å². The van der Waals surface area contributed by atoms with Gasteiger partial charge in [-0.25, -0.2) is 0 Å². The summed E-state index contributed by atoms with van der Waals surface area (Å²) in [5.74, 6) is 1.28. The second-order valence-electron chi connectivity index (χ2n) is 5.98. The van der Waals surface area contributed by atoms with Crippen molar-refractivity contribution < 1.29 is 9.94 Å². The third-order valence-electron chi connectivity index (χ3n) is 4.52. The second-order valence-corrected chi connectivity index (χ2v) is 5.98. The lowest BCUT2D eigenvalue weighted by Gasteiger charge is -2.22. The predicted molar refractivity (Wildman–Crippen MR) is 90.0 cm³/mol. The van der Waals surface area contributed by atoms with E-state index in [9.17, 15) is 5.21 Å². The van der Waals surface area contributed by atoms with Crippen LogP contribution in [0, 0.1) is 5.92 Å². The van der Waals surface area contributed by atoms with Crippen molar-refractivity contribution in [1.82, 2.24) is 0 Å². The van der Waals surface area contributed by atoms with Gasteiger partial charge in [0.2, 0.25) is 0 Å². The number of ether oxygens (including phenoxy) is 1. The molecule has 3 nitrogen and oxygen atoms in total. The standard InChI is InChI=1S/C19H23NO2/c1-2-22-18-11-10-15-12-17(9-8-16(15)13-18)19(20-21)14-6-4-3-5-7-14/h8-14,21H,2-7H2,1H3/b20-19-. The molecule has 116 valence electrons. The van der Waals surface area contributed by atoms with Crippen molar-refractivity contribution in [3.05, 3.63) is 42.0 Å². The van der Waals surface area contributed by atoms with Gasteiger partial charge in [0.25, 0.3) is 0 Å². The van der Waals surface area contributed by atoms with E-state index in [-0.39, 0.29) is 0 Å². The maximum atomic E-state index is 9.49. The lowest BCUT2D eigenvalue weighted by molar-refractivity contribution is 0.310. The molecule has 0 amide bonds. The minimum Gasteiger partial charge on any atom is -0.494 e. The van der Waals surface area contributed by atoms with Crippen molar-refractivity contribution in [2.45, 2.75) is 39.0 Å². The molecule has 2 aromatic carbocycles. The SMILES string of the molecule is CCOc1ccc2cc(/C(=N\O)C3CCCCC3)ccc2c1. The fourth-order valence-corrected chi connectivity index (χ4v) is 3.39. The highest BCUT2D eigenvalue weighted by molar-refractivity contribution is 6.04. The number of rotatable bonds is 4. The molecule has 0 bridgehead atoms. The average molecular weight is 297 g/mol. The molecule has 0 unspecified atom stereocenters. The Labute approximate surface area is 131 Å². The molecule has 0 aromatic heterocycles. The van der Waals surface area contributed by atoms with Crippen LogP contribution in [0.1, 0.15) is 44.6 Å². The van der Waals surface area contributed by atoms with Gasteiger partial charge in [0.1, 0.15) is 5.75 Å². The first-order chi connectivity index (χ1) is 10.8. The minimum absolute atomic E-state index is 0.388. The maximum Gasteiger partial charge on any atom is 0.119 e. The molecule has 1 aliphatic rings. The predicted octanol–water partition coefficient (Wildman–Crippen LogP) is 5.00. The molecular formula is C19H23NO2. The molecule has 0 saturated heterocycles. The molecule has 1 N–H and O–H groups in total. The van der Waals surface area contributed by atoms with Gasteiger partial charge in [-0.2, -0.15) is 0 Å². The van der Waals surface area contributed by atoms with Gasteiger partial charge >= 0.3 is 0 Å². The van der Waals surface area contributed by atoms with Crippen molar-refractivity contribution in [3.8, 4) is 5.75 Å². The molecule has 1 saturated carbocycles. The Bertz CT molecular complexity index is 672. The van der Waals surface area contributed by atoms with Crippen LogP contribution in [0.2, 0.25) is 0 Å². The molecule has 3 heteroatoms. The molecule has 22 heavy (non-hydrogen) atoms. The highest BCUT2D eigenvalue weighted by Crippen LogP contribution is 2.29. The lowest BCUT2D eigenvalue weighted by Crippen LogP contribution is -2.19. The van der Waals surface area contributed by atoms with Gasteiger partial charge in [-0.05, 0) is 48.7 Å². The summed E-state index contributed by atoms with van der Waals surface area (Å²) < 4.78 is 5.54. The molecule has 2 aromatic rings. The number of hydrogen-bond donors (Lipinski definition) is 1.